The minimum atomic E-state index is 0.645. The van der Waals surface area contributed by atoms with Gasteiger partial charge in [-0.05, 0) is 36.5 Å². The first-order chi connectivity index (χ1) is 6.72. The molecule has 1 heteroatoms. The summed E-state index contributed by atoms with van der Waals surface area (Å²) in [6.07, 6.45) is 3.35. The molecule has 0 aliphatic rings. The van der Waals surface area contributed by atoms with Crippen molar-refractivity contribution >= 4 is 10.9 Å². The van der Waals surface area contributed by atoms with Gasteiger partial charge < -0.3 is 4.98 Å². The topological polar surface area (TPSA) is 15.8 Å². The molecule has 1 N–H and O–H groups in total. The van der Waals surface area contributed by atoms with E-state index >= 15 is 0 Å². The Morgan fingerprint density at radius 2 is 2.14 bits per heavy atom. The van der Waals surface area contributed by atoms with Crippen LogP contribution in [-0.2, 0) is 0 Å². The summed E-state index contributed by atoms with van der Waals surface area (Å²) in [6, 6.07) is 6.62. The highest BCUT2D eigenvalue weighted by atomic mass is 14.7. The first kappa shape index (κ1) is 9.32. The summed E-state index contributed by atoms with van der Waals surface area (Å²) in [5, 5.41) is 1.38. The van der Waals surface area contributed by atoms with Gasteiger partial charge in [0.25, 0.3) is 0 Å². The Balaban J connectivity index is 2.58. The van der Waals surface area contributed by atoms with E-state index in [-0.39, 0.29) is 0 Å². The maximum absolute atomic E-state index is 3.34. The summed E-state index contributed by atoms with van der Waals surface area (Å²) < 4.78 is 0. The SMILES string of the molecule is CCC(C)c1c[nH]c2cc(C)ccc12. The maximum atomic E-state index is 3.34. The molecule has 74 valence electrons. The number of aromatic nitrogens is 1. The molecule has 1 aromatic carbocycles. The van der Waals surface area contributed by atoms with E-state index in [9.17, 15) is 0 Å². The average molecular weight is 187 g/mol. The zero-order valence-electron chi connectivity index (χ0n) is 9.09. The second-order valence-corrected chi connectivity index (χ2v) is 4.10. The van der Waals surface area contributed by atoms with E-state index in [1.165, 1.54) is 28.5 Å². The molecule has 1 aromatic heterocycles. The van der Waals surface area contributed by atoms with Crippen molar-refractivity contribution in [3.8, 4) is 0 Å². The summed E-state index contributed by atoms with van der Waals surface area (Å²) in [5.74, 6) is 0.645. The first-order valence-electron chi connectivity index (χ1n) is 5.30. The molecule has 2 rings (SSSR count). The van der Waals surface area contributed by atoms with Gasteiger partial charge in [0.15, 0.2) is 0 Å². The Hall–Kier alpha value is -1.24. The third-order valence-corrected chi connectivity index (χ3v) is 3.01. The third-order valence-electron chi connectivity index (χ3n) is 3.01. The zero-order chi connectivity index (χ0) is 10.1. The Bertz CT molecular complexity index is 439. The highest BCUT2D eigenvalue weighted by Crippen LogP contribution is 2.27. The lowest BCUT2D eigenvalue weighted by atomic mass is 9.98. The zero-order valence-corrected chi connectivity index (χ0v) is 9.09. The van der Waals surface area contributed by atoms with E-state index < -0.39 is 0 Å². The molecular formula is C13H17N. The minimum Gasteiger partial charge on any atom is -0.361 e. The maximum Gasteiger partial charge on any atom is 0.0459 e. The monoisotopic (exact) mass is 187 g/mol. The summed E-state index contributed by atoms with van der Waals surface area (Å²) in [6.45, 7) is 6.64. The van der Waals surface area contributed by atoms with Crippen LogP contribution >= 0.6 is 0 Å². The lowest BCUT2D eigenvalue weighted by Crippen LogP contribution is -1.88. The fourth-order valence-electron chi connectivity index (χ4n) is 1.89. The van der Waals surface area contributed by atoms with Gasteiger partial charge in [-0.15, -0.1) is 0 Å². The average Bonchev–Trinajstić information content (AvgIpc) is 2.59. The van der Waals surface area contributed by atoms with Crippen LogP contribution < -0.4 is 0 Å². The van der Waals surface area contributed by atoms with Crippen molar-refractivity contribution in [1.29, 1.82) is 0 Å². The molecule has 0 saturated heterocycles. The van der Waals surface area contributed by atoms with Crippen LogP contribution in [-0.4, -0.2) is 4.98 Å². The molecule has 1 unspecified atom stereocenters. The molecule has 0 radical (unpaired) electrons. The van der Waals surface area contributed by atoms with Crippen LogP contribution in [0.25, 0.3) is 10.9 Å². The van der Waals surface area contributed by atoms with Crippen molar-refractivity contribution in [2.24, 2.45) is 0 Å². The molecule has 0 aliphatic carbocycles. The summed E-state index contributed by atoms with van der Waals surface area (Å²) in [4.78, 5) is 3.34. The van der Waals surface area contributed by atoms with Gasteiger partial charge in [0.05, 0.1) is 0 Å². The Morgan fingerprint density at radius 1 is 1.36 bits per heavy atom. The quantitative estimate of drug-likeness (QED) is 0.731. The van der Waals surface area contributed by atoms with E-state index in [4.69, 9.17) is 0 Å². The molecule has 0 aliphatic heterocycles. The van der Waals surface area contributed by atoms with Crippen LogP contribution in [0.2, 0.25) is 0 Å². The van der Waals surface area contributed by atoms with Crippen LogP contribution in [0.1, 0.15) is 37.3 Å². The number of aromatic amines is 1. The number of hydrogen-bond acceptors (Lipinski definition) is 0. The van der Waals surface area contributed by atoms with Gasteiger partial charge >= 0.3 is 0 Å². The molecule has 14 heavy (non-hydrogen) atoms. The molecule has 0 bridgehead atoms. The highest BCUT2D eigenvalue weighted by Gasteiger charge is 2.08. The van der Waals surface area contributed by atoms with Gasteiger partial charge in [-0.25, -0.2) is 0 Å². The molecule has 2 aromatic rings. The van der Waals surface area contributed by atoms with Gasteiger partial charge in [0, 0.05) is 17.1 Å². The number of fused-ring (bicyclic) bond motifs is 1. The Morgan fingerprint density at radius 3 is 2.86 bits per heavy atom. The molecule has 0 saturated carbocycles. The van der Waals surface area contributed by atoms with Crippen molar-refractivity contribution in [3.05, 3.63) is 35.5 Å². The Kier molecular flexibility index (Phi) is 2.32. The van der Waals surface area contributed by atoms with Crippen molar-refractivity contribution in [1.82, 2.24) is 4.98 Å². The molecule has 0 spiro atoms. The Labute approximate surface area is 85.1 Å². The van der Waals surface area contributed by atoms with Gasteiger partial charge in [-0.3, -0.25) is 0 Å². The molecular weight excluding hydrogens is 170 g/mol. The second-order valence-electron chi connectivity index (χ2n) is 4.10. The van der Waals surface area contributed by atoms with Crippen LogP contribution in [0.15, 0.2) is 24.4 Å². The van der Waals surface area contributed by atoms with Crippen molar-refractivity contribution in [2.45, 2.75) is 33.1 Å². The van der Waals surface area contributed by atoms with Gasteiger partial charge in [-0.1, -0.05) is 26.0 Å². The van der Waals surface area contributed by atoms with E-state index in [1.54, 1.807) is 0 Å². The van der Waals surface area contributed by atoms with E-state index in [1.807, 2.05) is 0 Å². The van der Waals surface area contributed by atoms with E-state index in [0.29, 0.717) is 5.92 Å². The fraction of sp³-hybridized carbons (Fsp3) is 0.385. The van der Waals surface area contributed by atoms with Gasteiger partial charge in [0.2, 0.25) is 0 Å². The van der Waals surface area contributed by atoms with E-state index in [2.05, 4.69) is 50.2 Å². The number of H-pyrrole nitrogens is 1. The molecule has 0 amide bonds. The van der Waals surface area contributed by atoms with Gasteiger partial charge in [-0.2, -0.15) is 0 Å². The van der Waals surface area contributed by atoms with Crippen LogP contribution in [0.4, 0.5) is 0 Å². The van der Waals surface area contributed by atoms with Crippen molar-refractivity contribution in [3.63, 3.8) is 0 Å². The predicted octanol–water partition coefficient (Wildman–Crippen LogP) is 3.99. The highest BCUT2D eigenvalue weighted by molar-refractivity contribution is 5.84. The molecule has 1 atom stereocenters. The number of aryl methyl sites for hydroxylation is 1. The van der Waals surface area contributed by atoms with Crippen LogP contribution in [0, 0.1) is 6.92 Å². The van der Waals surface area contributed by atoms with Crippen LogP contribution in [0.3, 0.4) is 0 Å². The normalized spacial score (nSPS) is 13.4. The van der Waals surface area contributed by atoms with E-state index in [0.717, 1.165) is 0 Å². The number of nitrogens with one attached hydrogen (secondary N) is 1. The van der Waals surface area contributed by atoms with Crippen molar-refractivity contribution < 1.29 is 0 Å². The largest absolute Gasteiger partial charge is 0.361 e. The predicted molar refractivity (Wildman–Crippen MR) is 61.7 cm³/mol. The molecule has 0 fully saturated rings. The number of benzene rings is 1. The second kappa shape index (κ2) is 3.49. The molecule has 1 nitrogen and oxygen atoms in total. The fourth-order valence-corrected chi connectivity index (χ4v) is 1.89. The van der Waals surface area contributed by atoms with Gasteiger partial charge in [0.1, 0.15) is 0 Å². The number of hydrogen-bond donors (Lipinski definition) is 1. The lowest BCUT2D eigenvalue weighted by Gasteiger charge is -2.06. The third kappa shape index (κ3) is 1.43. The summed E-state index contributed by atoms with van der Waals surface area (Å²) in [5.41, 5.74) is 4.03. The molecule has 1 heterocycles. The first-order valence-corrected chi connectivity index (χ1v) is 5.30. The smallest absolute Gasteiger partial charge is 0.0459 e. The van der Waals surface area contributed by atoms with Crippen molar-refractivity contribution in [2.75, 3.05) is 0 Å². The number of rotatable bonds is 2. The van der Waals surface area contributed by atoms with Crippen LogP contribution in [0.5, 0.6) is 0 Å². The lowest BCUT2D eigenvalue weighted by molar-refractivity contribution is 0.739. The summed E-state index contributed by atoms with van der Waals surface area (Å²) >= 11 is 0. The standard InChI is InChI=1S/C13H17N/c1-4-10(3)12-8-14-13-7-9(2)5-6-11(12)13/h5-8,10,14H,4H2,1-3H3. The minimum absolute atomic E-state index is 0.645. The summed E-state index contributed by atoms with van der Waals surface area (Å²) in [7, 11) is 0.